The van der Waals surface area contributed by atoms with Gasteiger partial charge in [0.25, 0.3) is 0 Å². The van der Waals surface area contributed by atoms with Crippen molar-refractivity contribution in [3.05, 3.63) is 29.3 Å². The minimum Gasteiger partial charge on any atom is -0.480 e. The van der Waals surface area contributed by atoms with Crippen LogP contribution in [0.3, 0.4) is 0 Å². The highest BCUT2D eigenvalue weighted by molar-refractivity contribution is 5.96. The number of carboxylic acid groups (broad SMARTS) is 1. The Balaban J connectivity index is 0.000000463. The molecular weight excluding hydrogens is 294 g/mol. The maximum atomic E-state index is 12.3. The van der Waals surface area contributed by atoms with Crippen LogP contribution in [0.15, 0.2) is 18.2 Å². The fraction of sp³-hybridized carbons (Fsp3) is 0.529. The van der Waals surface area contributed by atoms with Gasteiger partial charge in [-0.3, -0.25) is 14.5 Å². The van der Waals surface area contributed by atoms with E-state index in [-0.39, 0.29) is 18.5 Å². The summed E-state index contributed by atoms with van der Waals surface area (Å²) >= 11 is 0. The van der Waals surface area contributed by atoms with E-state index in [4.69, 9.17) is 5.11 Å². The number of carbonyl (C=O) groups excluding carboxylic acids is 1. The summed E-state index contributed by atoms with van der Waals surface area (Å²) in [5, 5.41) is 10.7. The molecule has 1 saturated heterocycles. The first-order chi connectivity index (χ1) is 10.9. The number of carbonyl (C=O) groups is 2. The fourth-order valence-corrected chi connectivity index (χ4v) is 2.62. The van der Waals surface area contributed by atoms with Crippen LogP contribution in [0.25, 0.3) is 0 Å². The van der Waals surface area contributed by atoms with Gasteiger partial charge in [-0.1, -0.05) is 24.6 Å². The molecule has 1 amide bonds. The van der Waals surface area contributed by atoms with Crippen molar-refractivity contribution in [3.8, 4) is 0 Å². The second-order valence-electron chi connectivity index (χ2n) is 5.85. The van der Waals surface area contributed by atoms with Gasteiger partial charge in [-0.15, -0.1) is 0 Å². The quantitative estimate of drug-likeness (QED) is 0.788. The van der Waals surface area contributed by atoms with Gasteiger partial charge in [-0.25, -0.2) is 0 Å². The summed E-state index contributed by atoms with van der Waals surface area (Å²) in [5.41, 5.74) is 7.80. The van der Waals surface area contributed by atoms with E-state index in [1.165, 1.54) is 6.42 Å². The van der Waals surface area contributed by atoms with Crippen LogP contribution in [-0.2, 0) is 9.59 Å². The molecule has 1 aliphatic rings. The lowest BCUT2D eigenvalue weighted by molar-refractivity contribution is -0.135. The second-order valence-corrected chi connectivity index (χ2v) is 5.85. The Kier molecular flexibility index (Phi) is 7.71. The Labute approximate surface area is 137 Å². The van der Waals surface area contributed by atoms with Crippen molar-refractivity contribution in [1.82, 2.24) is 4.90 Å². The standard InChI is InChI=1S/C15H22N2O.C2H5NO2/c1-11-7-6-8-12(2)14(11)16-15(18)13-9-4-5-10-17(13)3;3-1-2(4)5/h6-8,13H,4-5,9-10H2,1-3H3,(H,16,18);1,3H2,(H,4,5). The van der Waals surface area contributed by atoms with Crippen molar-refractivity contribution in [1.29, 1.82) is 0 Å². The number of rotatable bonds is 3. The molecule has 1 unspecified atom stereocenters. The van der Waals surface area contributed by atoms with E-state index in [2.05, 4.69) is 16.0 Å². The van der Waals surface area contributed by atoms with E-state index in [1.54, 1.807) is 0 Å². The number of likely N-dealkylation sites (tertiary alicyclic amines) is 1. The number of likely N-dealkylation sites (N-methyl/N-ethyl adjacent to an activating group) is 1. The Bertz CT molecular complexity index is 526. The van der Waals surface area contributed by atoms with Gasteiger partial charge in [-0.05, 0) is 51.4 Å². The van der Waals surface area contributed by atoms with Crippen molar-refractivity contribution in [3.63, 3.8) is 0 Å². The first-order valence-electron chi connectivity index (χ1n) is 7.86. The van der Waals surface area contributed by atoms with Crippen LogP contribution in [0.1, 0.15) is 30.4 Å². The summed E-state index contributed by atoms with van der Waals surface area (Å²) in [6, 6.07) is 6.12. The predicted molar refractivity (Wildman–Crippen MR) is 91.5 cm³/mol. The zero-order valence-corrected chi connectivity index (χ0v) is 14.1. The van der Waals surface area contributed by atoms with Gasteiger partial charge in [0.15, 0.2) is 0 Å². The summed E-state index contributed by atoms with van der Waals surface area (Å²) in [4.78, 5) is 23.7. The third-order valence-corrected chi connectivity index (χ3v) is 3.98. The van der Waals surface area contributed by atoms with E-state index in [1.807, 2.05) is 39.1 Å². The summed E-state index contributed by atoms with van der Waals surface area (Å²) in [6.07, 6.45) is 3.31. The number of nitrogens with one attached hydrogen (secondary N) is 1. The molecule has 1 aromatic rings. The zero-order chi connectivity index (χ0) is 17.4. The SMILES string of the molecule is Cc1cccc(C)c1NC(=O)C1CCCCN1C.NCC(=O)O. The predicted octanol–water partition coefficient (Wildman–Crippen LogP) is 1.76. The first kappa shape index (κ1) is 19.1. The molecule has 1 heterocycles. The number of nitrogens with zero attached hydrogens (tertiary/aromatic N) is 1. The largest absolute Gasteiger partial charge is 0.480 e. The maximum Gasteiger partial charge on any atom is 0.317 e. The number of amides is 1. The lowest BCUT2D eigenvalue weighted by Crippen LogP contribution is -2.44. The number of anilines is 1. The topological polar surface area (TPSA) is 95.7 Å². The van der Waals surface area contributed by atoms with Gasteiger partial charge in [0, 0.05) is 5.69 Å². The van der Waals surface area contributed by atoms with Crippen LogP contribution in [0.2, 0.25) is 0 Å². The van der Waals surface area contributed by atoms with Crippen molar-refractivity contribution in [2.24, 2.45) is 5.73 Å². The van der Waals surface area contributed by atoms with Crippen LogP contribution < -0.4 is 11.1 Å². The lowest BCUT2D eigenvalue weighted by Gasteiger charge is -2.31. The number of nitrogens with two attached hydrogens (primary N) is 1. The monoisotopic (exact) mass is 321 g/mol. The van der Waals surface area contributed by atoms with E-state index in [0.29, 0.717) is 0 Å². The van der Waals surface area contributed by atoms with Crippen LogP contribution in [0, 0.1) is 13.8 Å². The lowest BCUT2D eigenvalue weighted by atomic mass is 10.0. The Hall–Kier alpha value is -1.92. The highest BCUT2D eigenvalue weighted by atomic mass is 16.4. The van der Waals surface area contributed by atoms with E-state index in [9.17, 15) is 9.59 Å². The number of aryl methyl sites for hydroxylation is 2. The molecule has 0 aliphatic carbocycles. The van der Waals surface area contributed by atoms with Gasteiger partial charge < -0.3 is 16.2 Å². The Morgan fingerprint density at radius 2 is 1.87 bits per heavy atom. The average molecular weight is 321 g/mol. The van der Waals surface area contributed by atoms with Crippen molar-refractivity contribution < 1.29 is 14.7 Å². The van der Waals surface area contributed by atoms with Gasteiger partial charge >= 0.3 is 5.97 Å². The van der Waals surface area contributed by atoms with Gasteiger partial charge in [0.1, 0.15) is 0 Å². The number of hydrogen-bond acceptors (Lipinski definition) is 4. The van der Waals surface area contributed by atoms with Crippen LogP contribution in [0.4, 0.5) is 5.69 Å². The zero-order valence-electron chi connectivity index (χ0n) is 14.1. The first-order valence-corrected chi connectivity index (χ1v) is 7.86. The fourth-order valence-electron chi connectivity index (χ4n) is 2.62. The molecule has 0 bridgehead atoms. The maximum absolute atomic E-state index is 12.3. The van der Waals surface area contributed by atoms with Crippen molar-refractivity contribution in [2.75, 3.05) is 25.5 Å². The van der Waals surface area contributed by atoms with Crippen LogP contribution in [-0.4, -0.2) is 48.1 Å². The number of benzene rings is 1. The average Bonchev–Trinajstić information content (AvgIpc) is 2.52. The molecule has 1 aromatic carbocycles. The molecule has 128 valence electrons. The van der Waals surface area contributed by atoms with Crippen LogP contribution in [0.5, 0.6) is 0 Å². The molecule has 0 aromatic heterocycles. The molecule has 0 radical (unpaired) electrons. The van der Waals surface area contributed by atoms with Gasteiger partial charge in [-0.2, -0.15) is 0 Å². The molecule has 0 spiro atoms. The molecule has 6 heteroatoms. The summed E-state index contributed by atoms with van der Waals surface area (Å²) in [6.45, 7) is 4.81. The third-order valence-electron chi connectivity index (χ3n) is 3.98. The number of piperidine rings is 1. The van der Waals surface area contributed by atoms with Crippen LogP contribution >= 0.6 is 0 Å². The normalized spacial score (nSPS) is 17.8. The minimum atomic E-state index is -0.968. The number of para-hydroxylation sites is 1. The Morgan fingerprint density at radius 3 is 2.35 bits per heavy atom. The van der Waals surface area contributed by atoms with E-state index in [0.717, 1.165) is 36.2 Å². The van der Waals surface area contributed by atoms with E-state index < -0.39 is 5.97 Å². The second kappa shape index (κ2) is 9.27. The molecule has 6 nitrogen and oxygen atoms in total. The molecule has 2 rings (SSSR count). The number of aliphatic carboxylic acids is 1. The molecule has 0 saturated carbocycles. The van der Waals surface area contributed by atoms with Gasteiger partial charge in [0.2, 0.25) is 5.91 Å². The molecule has 1 aliphatic heterocycles. The minimum absolute atomic E-state index is 0.0257. The molecule has 4 N–H and O–H groups in total. The molecule has 23 heavy (non-hydrogen) atoms. The van der Waals surface area contributed by atoms with E-state index >= 15 is 0 Å². The van der Waals surface area contributed by atoms with Gasteiger partial charge in [0.05, 0.1) is 12.6 Å². The van der Waals surface area contributed by atoms with Crippen molar-refractivity contribution in [2.45, 2.75) is 39.2 Å². The smallest absolute Gasteiger partial charge is 0.317 e. The number of carboxylic acids is 1. The summed E-state index contributed by atoms with van der Waals surface area (Å²) in [7, 11) is 2.04. The molecule has 1 fully saturated rings. The van der Waals surface area contributed by atoms with Crippen molar-refractivity contribution >= 4 is 17.6 Å². The molecular formula is C17H27N3O3. The highest BCUT2D eigenvalue weighted by Crippen LogP contribution is 2.22. The molecule has 1 atom stereocenters. The summed E-state index contributed by atoms with van der Waals surface area (Å²) in [5.74, 6) is -0.834. The summed E-state index contributed by atoms with van der Waals surface area (Å²) < 4.78 is 0. The Morgan fingerprint density at radius 1 is 1.30 bits per heavy atom. The number of hydrogen-bond donors (Lipinski definition) is 3. The highest BCUT2D eigenvalue weighted by Gasteiger charge is 2.26. The third kappa shape index (κ3) is 6.00.